The number of nitriles is 1. The van der Waals surface area contributed by atoms with Gasteiger partial charge < -0.3 is 21.3 Å². The number of nitrogens with two attached hydrogens (primary N) is 1. The summed E-state index contributed by atoms with van der Waals surface area (Å²) in [4.78, 5) is 27.3. The third kappa shape index (κ3) is 4.22. The van der Waals surface area contributed by atoms with Crippen LogP contribution in [0.4, 0.5) is 16.0 Å². The molecule has 1 aliphatic rings. The van der Waals surface area contributed by atoms with E-state index in [0.717, 1.165) is 13.1 Å². The minimum Gasteiger partial charge on any atom is -0.382 e. The Balaban J connectivity index is 1.63. The van der Waals surface area contributed by atoms with Gasteiger partial charge in [0, 0.05) is 44.5 Å². The van der Waals surface area contributed by atoms with Crippen molar-refractivity contribution in [2.24, 2.45) is 0 Å². The van der Waals surface area contributed by atoms with Gasteiger partial charge in [0.25, 0.3) is 5.91 Å². The molecule has 4 N–H and O–H groups in total. The maximum Gasteiger partial charge on any atom is 0.255 e. The topological polar surface area (TPSA) is 133 Å². The zero-order valence-corrected chi connectivity index (χ0v) is 16.7. The number of fused-ring (bicyclic) bond motifs is 1. The number of hydrogen-bond donors (Lipinski definition) is 3. The van der Waals surface area contributed by atoms with Gasteiger partial charge in [-0.1, -0.05) is 12.1 Å². The van der Waals surface area contributed by atoms with Crippen LogP contribution in [0.15, 0.2) is 30.6 Å². The Morgan fingerprint density at radius 1 is 1.32 bits per heavy atom. The number of pyridine rings is 1. The highest BCUT2D eigenvalue weighted by molar-refractivity contribution is 5.99. The van der Waals surface area contributed by atoms with E-state index in [0.29, 0.717) is 48.5 Å². The molecule has 31 heavy (non-hydrogen) atoms. The van der Waals surface area contributed by atoms with E-state index in [9.17, 15) is 14.4 Å². The molecule has 1 fully saturated rings. The fourth-order valence-electron chi connectivity index (χ4n) is 3.56. The van der Waals surface area contributed by atoms with E-state index < -0.39 is 5.82 Å². The van der Waals surface area contributed by atoms with E-state index in [-0.39, 0.29) is 22.8 Å². The molecule has 158 valence electrons. The largest absolute Gasteiger partial charge is 0.382 e. The van der Waals surface area contributed by atoms with Crippen molar-refractivity contribution < 1.29 is 9.18 Å². The number of aromatic nitrogens is 3. The van der Waals surface area contributed by atoms with Gasteiger partial charge in [0.05, 0.1) is 11.3 Å². The number of halogens is 1. The van der Waals surface area contributed by atoms with E-state index in [2.05, 4.69) is 25.6 Å². The van der Waals surface area contributed by atoms with E-state index >= 15 is 0 Å². The van der Waals surface area contributed by atoms with Crippen LogP contribution in [0.1, 0.15) is 21.6 Å². The van der Waals surface area contributed by atoms with Crippen molar-refractivity contribution in [3.8, 4) is 6.07 Å². The number of amides is 1. The number of para-hydroxylation sites is 1. The van der Waals surface area contributed by atoms with E-state index in [4.69, 9.17) is 5.73 Å². The molecule has 0 bridgehead atoms. The molecule has 9 nitrogen and oxygen atoms in total. The lowest BCUT2D eigenvalue weighted by atomic mass is 10.0. The Morgan fingerprint density at radius 2 is 2.13 bits per heavy atom. The van der Waals surface area contributed by atoms with Crippen molar-refractivity contribution >= 4 is 28.4 Å². The smallest absolute Gasteiger partial charge is 0.255 e. The summed E-state index contributed by atoms with van der Waals surface area (Å²) in [5.41, 5.74) is 7.02. The average molecular weight is 420 g/mol. The zero-order chi connectivity index (χ0) is 21.8. The summed E-state index contributed by atoms with van der Waals surface area (Å²) in [6.45, 7) is 2.97. The Labute approximate surface area is 178 Å². The Bertz CT molecular complexity index is 1170. The van der Waals surface area contributed by atoms with Gasteiger partial charge in [-0.15, -0.1) is 0 Å². The molecular formula is C21H21FN8O. The number of hydrogen-bond acceptors (Lipinski definition) is 8. The molecular weight excluding hydrogens is 399 g/mol. The summed E-state index contributed by atoms with van der Waals surface area (Å²) >= 11 is 0. The van der Waals surface area contributed by atoms with Crippen LogP contribution >= 0.6 is 0 Å². The number of anilines is 2. The number of carbonyl (C=O) groups is 1. The molecule has 0 unspecified atom stereocenters. The molecule has 2 aromatic heterocycles. The highest BCUT2D eigenvalue weighted by Crippen LogP contribution is 2.22. The molecule has 1 saturated heterocycles. The molecule has 0 saturated carbocycles. The number of rotatable bonds is 5. The van der Waals surface area contributed by atoms with Crippen LogP contribution in [-0.2, 0) is 6.42 Å². The van der Waals surface area contributed by atoms with Crippen molar-refractivity contribution in [3.63, 3.8) is 0 Å². The molecule has 10 heteroatoms. The van der Waals surface area contributed by atoms with Crippen LogP contribution < -0.4 is 16.4 Å². The second kappa shape index (κ2) is 8.89. The van der Waals surface area contributed by atoms with Crippen LogP contribution in [0.3, 0.4) is 0 Å². The first-order valence-corrected chi connectivity index (χ1v) is 9.91. The minimum atomic E-state index is -0.441. The third-order valence-corrected chi connectivity index (χ3v) is 5.15. The minimum absolute atomic E-state index is 0.0838. The maximum atomic E-state index is 14.3. The fraction of sp³-hybridized carbons (Fsp3) is 0.286. The SMILES string of the molecule is N#Cc1c(N)ncnc1NCCc1nc2c(F)cccc2cc1C(=O)N1CCNCC1. The standard InChI is InChI=1S/C21H21FN8O/c22-16-3-1-2-13-10-14(21(31)30-8-6-25-7-9-30)17(29-18(13)16)4-5-26-20-15(11-23)19(24)27-12-28-20/h1-3,10,12,25H,4-9H2,(H3,24,26,27,28). The summed E-state index contributed by atoms with van der Waals surface area (Å²) in [5.74, 6) is -0.181. The first-order chi connectivity index (χ1) is 15.1. The first kappa shape index (κ1) is 20.4. The second-order valence-electron chi connectivity index (χ2n) is 7.11. The van der Waals surface area contributed by atoms with Crippen molar-refractivity contribution in [2.75, 3.05) is 43.8 Å². The van der Waals surface area contributed by atoms with Crippen molar-refractivity contribution in [1.82, 2.24) is 25.2 Å². The monoisotopic (exact) mass is 420 g/mol. The highest BCUT2D eigenvalue weighted by atomic mass is 19.1. The molecule has 1 aromatic carbocycles. The molecule has 4 rings (SSSR count). The predicted octanol–water partition coefficient (Wildman–Crippen LogP) is 1.32. The van der Waals surface area contributed by atoms with E-state index in [1.807, 2.05) is 6.07 Å². The number of piperazine rings is 1. The lowest BCUT2D eigenvalue weighted by Gasteiger charge is -2.28. The number of nitrogens with zero attached hydrogens (tertiary/aromatic N) is 5. The molecule has 1 amide bonds. The van der Waals surface area contributed by atoms with Gasteiger partial charge in [0.2, 0.25) is 0 Å². The summed E-state index contributed by atoms with van der Waals surface area (Å²) in [6, 6.07) is 8.36. The average Bonchev–Trinajstić information content (AvgIpc) is 2.79. The highest BCUT2D eigenvalue weighted by Gasteiger charge is 2.22. The first-order valence-electron chi connectivity index (χ1n) is 9.91. The Hall–Kier alpha value is -3.84. The van der Waals surface area contributed by atoms with Crippen LogP contribution in [0.2, 0.25) is 0 Å². The van der Waals surface area contributed by atoms with E-state index in [1.165, 1.54) is 12.4 Å². The van der Waals surface area contributed by atoms with Gasteiger partial charge in [-0.05, 0) is 12.1 Å². The van der Waals surface area contributed by atoms with Crippen molar-refractivity contribution in [3.05, 3.63) is 53.2 Å². The van der Waals surface area contributed by atoms with Gasteiger partial charge in [-0.25, -0.2) is 19.3 Å². The summed E-state index contributed by atoms with van der Waals surface area (Å²) in [5, 5.41) is 16.1. The normalized spacial score (nSPS) is 13.7. The van der Waals surface area contributed by atoms with Crippen molar-refractivity contribution in [1.29, 1.82) is 5.26 Å². The fourth-order valence-corrected chi connectivity index (χ4v) is 3.56. The molecule has 0 radical (unpaired) electrons. The van der Waals surface area contributed by atoms with Crippen LogP contribution in [0, 0.1) is 17.1 Å². The lowest BCUT2D eigenvalue weighted by Crippen LogP contribution is -2.46. The summed E-state index contributed by atoms with van der Waals surface area (Å²) in [6.07, 6.45) is 1.59. The Kier molecular flexibility index (Phi) is 5.86. The van der Waals surface area contributed by atoms with Crippen LogP contribution in [0.5, 0.6) is 0 Å². The molecule has 3 aromatic rings. The number of nitrogen functional groups attached to an aromatic ring is 1. The third-order valence-electron chi connectivity index (χ3n) is 5.15. The zero-order valence-electron chi connectivity index (χ0n) is 16.7. The van der Waals surface area contributed by atoms with Gasteiger partial charge >= 0.3 is 0 Å². The van der Waals surface area contributed by atoms with Crippen LogP contribution in [-0.4, -0.2) is 58.5 Å². The number of nitrogens with one attached hydrogen (secondary N) is 2. The molecule has 0 aliphatic carbocycles. The quantitative estimate of drug-likeness (QED) is 0.563. The predicted molar refractivity (Wildman–Crippen MR) is 114 cm³/mol. The van der Waals surface area contributed by atoms with Gasteiger partial charge in [-0.2, -0.15) is 5.26 Å². The van der Waals surface area contributed by atoms with E-state index in [1.54, 1.807) is 23.1 Å². The molecule has 0 atom stereocenters. The van der Waals surface area contributed by atoms with Crippen LogP contribution in [0.25, 0.3) is 10.9 Å². The van der Waals surface area contributed by atoms with Gasteiger partial charge in [0.15, 0.2) is 0 Å². The Morgan fingerprint density at radius 3 is 2.90 bits per heavy atom. The second-order valence-corrected chi connectivity index (χ2v) is 7.11. The molecule has 3 heterocycles. The molecule has 0 spiro atoms. The van der Waals surface area contributed by atoms with Crippen molar-refractivity contribution in [2.45, 2.75) is 6.42 Å². The number of benzene rings is 1. The number of carbonyl (C=O) groups excluding carboxylic acids is 1. The summed E-state index contributed by atoms with van der Waals surface area (Å²) in [7, 11) is 0. The lowest BCUT2D eigenvalue weighted by molar-refractivity contribution is 0.0734. The maximum absolute atomic E-state index is 14.3. The molecule has 1 aliphatic heterocycles. The van der Waals surface area contributed by atoms with Gasteiger partial charge in [0.1, 0.15) is 40.9 Å². The summed E-state index contributed by atoms with van der Waals surface area (Å²) < 4.78 is 14.3. The van der Waals surface area contributed by atoms with Gasteiger partial charge in [-0.3, -0.25) is 4.79 Å².